The first-order chi connectivity index (χ1) is 7.63. The van der Waals surface area contributed by atoms with Crippen LogP contribution in [-0.4, -0.2) is 12.6 Å². The van der Waals surface area contributed by atoms with E-state index in [-0.39, 0.29) is 12.1 Å². The second-order valence-electron chi connectivity index (χ2n) is 3.79. The fraction of sp³-hybridized carbons (Fsp3) is 0.417. The monoisotopic (exact) mass is 221 g/mol. The number of hydrogen-bond acceptors (Lipinski definition) is 2. The molecule has 1 rings (SSSR count). The van der Waals surface area contributed by atoms with Crippen molar-refractivity contribution in [1.29, 1.82) is 0 Å². The Labute approximate surface area is 96.2 Å². The first-order valence-electron chi connectivity index (χ1n) is 5.53. The Kier molecular flexibility index (Phi) is 4.64. The van der Waals surface area contributed by atoms with Gasteiger partial charge in [-0.25, -0.2) is 4.79 Å². The summed E-state index contributed by atoms with van der Waals surface area (Å²) in [5, 5.41) is 5.63. The smallest absolute Gasteiger partial charge is 0.315 e. The molecule has 0 fully saturated rings. The number of nitrogens with one attached hydrogen (secondary N) is 2. The van der Waals surface area contributed by atoms with E-state index in [0.717, 1.165) is 17.7 Å². The van der Waals surface area contributed by atoms with Gasteiger partial charge in [0.15, 0.2) is 0 Å². The number of carbonyl (C=O) groups excluding carboxylic acids is 1. The van der Waals surface area contributed by atoms with E-state index in [4.69, 9.17) is 5.73 Å². The van der Waals surface area contributed by atoms with E-state index in [9.17, 15) is 4.79 Å². The van der Waals surface area contributed by atoms with Gasteiger partial charge in [-0.15, -0.1) is 0 Å². The highest BCUT2D eigenvalue weighted by atomic mass is 16.2. The third-order valence-electron chi connectivity index (χ3n) is 2.32. The molecule has 88 valence electrons. The zero-order valence-electron chi connectivity index (χ0n) is 9.79. The Morgan fingerprint density at radius 3 is 2.56 bits per heavy atom. The van der Waals surface area contributed by atoms with E-state index in [1.54, 1.807) is 0 Å². The van der Waals surface area contributed by atoms with Crippen molar-refractivity contribution >= 4 is 11.7 Å². The molecule has 1 atom stereocenters. The number of amides is 2. The van der Waals surface area contributed by atoms with E-state index in [0.29, 0.717) is 6.54 Å². The number of nitrogens with two attached hydrogens (primary N) is 1. The van der Waals surface area contributed by atoms with Crippen LogP contribution in [0.4, 0.5) is 10.5 Å². The van der Waals surface area contributed by atoms with Crippen molar-refractivity contribution in [2.45, 2.75) is 26.3 Å². The lowest BCUT2D eigenvalue weighted by atomic mass is 10.1. The van der Waals surface area contributed by atoms with Gasteiger partial charge in [-0.2, -0.15) is 0 Å². The van der Waals surface area contributed by atoms with Crippen molar-refractivity contribution in [1.82, 2.24) is 10.6 Å². The minimum atomic E-state index is -0.133. The van der Waals surface area contributed by atoms with E-state index in [1.807, 2.05) is 38.1 Å². The van der Waals surface area contributed by atoms with Gasteiger partial charge in [0.1, 0.15) is 0 Å². The SMILES string of the molecule is CCCNC(=O)NC(C)c1ccc(N)cc1. The van der Waals surface area contributed by atoms with Crippen molar-refractivity contribution in [3.05, 3.63) is 29.8 Å². The Hall–Kier alpha value is -1.71. The van der Waals surface area contributed by atoms with Crippen molar-refractivity contribution in [2.24, 2.45) is 0 Å². The lowest BCUT2D eigenvalue weighted by molar-refractivity contribution is 0.238. The fourth-order valence-corrected chi connectivity index (χ4v) is 1.35. The lowest BCUT2D eigenvalue weighted by Crippen LogP contribution is -2.37. The van der Waals surface area contributed by atoms with Crippen molar-refractivity contribution in [3.63, 3.8) is 0 Å². The molecule has 4 N–H and O–H groups in total. The Bertz CT molecular complexity index is 335. The van der Waals surface area contributed by atoms with E-state index >= 15 is 0 Å². The Morgan fingerprint density at radius 1 is 1.38 bits per heavy atom. The van der Waals surface area contributed by atoms with Crippen LogP contribution in [0.15, 0.2) is 24.3 Å². The first kappa shape index (κ1) is 12.4. The molecule has 1 unspecified atom stereocenters. The van der Waals surface area contributed by atoms with Crippen LogP contribution in [0.3, 0.4) is 0 Å². The van der Waals surface area contributed by atoms with Crippen LogP contribution in [0.1, 0.15) is 31.9 Å². The minimum Gasteiger partial charge on any atom is -0.399 e. The molecule has 0 aliphatic carbocycles. The topological polar surface area (TPSA) is 67.2 Å². The van der Waals surface area contributed by atoms with E-state index < -0.39 is 0 Å². The van der Waals surface area contributed by atoms with Gasteiger partial charge in [-0.05, 0) is 31.0 Å². The lowest BCUT2D eigenvalue weighted by Gasteiger charge is -2.14. The highest BCUT2D eigenvalue weighted by Gasteiger charge is 2.07. The highest BCUT2D eigenvalue weighted by Crippen LogP contribution is 2.13. The molecule has 1 aromatic rings. The fourth-order valence-electron chi connectivity index (χ4n) is 1.35. The maximum Gasteiger partial charge on any atom is 0.315 e. The molecular weight excluding hydrogens is 202 g/mol. The molecule has 0 heterocycles. The van der Waals surface area contributed by atoms with Crippen LogP contribution < -0.4 is 16.4 Å². The van der Waals surface area contributed by atoms with Gasteiger partial charge in [0.05, 0.1) is 6.04 Å². The van der Waals surface area contributed by atoms with Gasteiger partial charge in [-0.3, -0.25) is 0 Å². The number of urea groups is 1. The van der Waals surface area contributed by atoms with Crippen LogP contribution in [0.25, 0.3) is 0 Å². The summed E-state index contributed by atoms with van der Waals surface area (Å²) in [4.78, 5) is 11.4. The molecule has 4 heteroatoms. The van der Waals surface area contributed by atoms with E-state index in [1.165, 1.54) is 0 Å². The second kappa shape index (κ2) is 6.00. The zero-order chi connectivity index (χ0) is 12.0. The zero-order valence-corrected chi connectivity index (χ0v) is 9.79. The maximum atomic E-state index is 11.4. The molecular formula is C12H19N3O. The molecule has 0 spiro atoms. The molecule has 0 aliphatic heterocycles. The van der Waals surface area contributed by atoms with Crippen LogP contribution >= 0.6 is 0 Å². The summed E-state index contributed by atoms with van der Waals surface area (Å²) in [6, 6.07) is 7.35. The summed E-state index contributed by atoms with van der Waals surface area (Å²) in [6.45, 7) is 4.65. The Balaban J connectivity index is 2.48. The highest BCUT2D eigenvalue weighted by molar-refractivity contribution is 5.74. The largest absolute Gasteiger partial charge is 0.399 e. The molecule has 0 saturated carbocycles. The van der Waals surface area contributed by atoms with Gasteiger partial charge in [0, 0.05) is 12.2 Å². The molecule has 0 radical (unpaired) electrons. The summed E-state index contributed by atoms with van der Waals surface area (Å²) in [5.41, 5.74) is 7.36. The molecule has 1 aromatic carbocycles. The molecule has 0 saturated heterocycles. The maximum absolute atomic E-state index is 11.4. The van der Waals surface area contributed by atoms with Crippen LogP contribution in [0, 0.1) is 0 Å². The summed E-state index contributed by atoms with van der Waals surface area (Å²) >= 11 is 0. The number of carbonyl (C=O) groups is 1. The summed E-state index contributed by atoms with van der Waals surface area (Å²) in [5.74, 6) is 0. The predicted molar refractivity (Wildman–Crippen MR) is 66.1 cm³/mol. The van der Waals surface area contributed by atoms with Crippen LogP contribution in [0.5, 0.6) is 0 Å². The predicted octanol–water partition coefficient (Wildman–Crippen LogP) is 2.04. The normalized spacial score (nSPS) is 11.9. The van der Waals surface area contributed by atoms with Gasteiger partial charge in [-0.1, -0.05) is 19.1 Å². The molecule has 16 heavy (non-hydrogen) atoms. The van der Waals surface area contributed by atoms with Gasteiger partial charge < -0.3 is 16.4 Å². The first-order valence-corrected chi connectivity index (χ1v) is 5.53. The summed E-state index contributed by atoms with van der Waals surface area (Å²) in [7, 11) is 0. The van der Waals surface area contributed by atoms with Crippen molar-refractivity contribution in [2.75, 3.05) is 12.3 Å². The number of benzene rings is 1. The van der Waals surface area contributed by atoms with Crippen LogP contribution in [0.2, 0.25) is 0 Å². The van der Waals surface area contributed by atoms with Crippen molar-refractivity contribution < 1.29 is 4.79 Å². The Morgan fingerprint density at radius 2 is 2.00 bits per heavy atom. The molecule has 0 aliphatic rings. The number of hydrogen-bond donors (Lipinski definition) is 3. The quantitative estimate of drug-likeness (QED) is 0.681. The summed E-state index contributed by atoms with van der Waals surface area (Å²) in [6.07, 6.45) is 0.934. The van der Waals surface area contributed by atoms with Gasteiger partial charge in [0.2, 0.25) is 0 Å². The minimum absolute atomic E-state index is 0.0162. The number of rotatable bonds is 4. The second-order valence-corrected chi connectivity index (χ2v) is 3.79. The molecule has 2 amide bonds. The number of nitrogen functional groups attached to an aromatic ring is 1. The van der Waals surface area contributed by atoms with Gasteiger partial charge in [0.25, 0.3) is 0 Å². The average Bonchev–Trinajstić information content (AvgIpc) is 2.27. The molecule has 0 bridgehead atoms. The van der Waals surface area contributed by atoms with E-state index in [2.05, 4.69) is 10.6 Å². The third kappa shape index (κ3) is 3.81. The molecule has 4 nitrogen and oxygen atoms in total. The third-order valence-corrected chi connectivity index (χ3v) is 2.32. The summed E-state index contributed by atoms with van der Waals surface area (Å²) < 4.78 is 0. The van der Waals surface area contributed by atoms with Gasteiger partial charge >= 0.3 is 6.03 Å². The average molecular weight is 221 g/mol. The van der Waals surface area contributed by atoms with Crippen LogP contribution in [-0.2, 0) is 0 Å². The van der Waals surface area contributed by atoms with Crippen molar-refractivity contribution in [3.8, 4) is 0 Å². The number of anilines is 1. The molecule has 0 aromatic heterocycles. The standard InChI is InChI=1S/C12H19N3O/c1-3-8-14-12(16)15-9(2)10-4-6-11(13)7-5-10/h4-7,9H,3,8,13H2,1-2H3,(H2,14,15,16).